The number of thioether (sulfide) groups is 1. The van der Waals surface area contributed by atoms with Gasteiger partial charge in [0.25, 0.3) is 0 Å². The van der Waals surface area contributed by atoms with Crippen LogP contribution in [0, 0.1) is 0 Å². The van der Waals surface area contributed by atoms with Crippen molar-refractivity contribution in [1.82, 2.24) is 9.97 Å². The number of nitrogens with zero attached hydrogens (tertiary/aromatic N) is 4. The fourth-order valence-electron chi connectivity index (χ4n) is 3.40. The van der Waals surface area contributed by atoms with E-state index < -0.39 is 0 Å². The standard InChI is InChI=1S/C23H19N4S2.HI/c1-26-13-7-10-19-23(26)25-21(28-19)14-16-15-22(29-20-11-5-6-12-24-20)27(2)18-9-4-3-8-17(16)18;/h3-15H,1-2H3;1H/q+1;/p-1. The Balaban J connectivity index is 0.00000218. The molecule has 5 rings (SSSR count). The monoisotopic (exact) mass is 542 g/mol. The quantitative estimate of drug-likeness (QED) is 0.294. The van der Waals surface area contributed by atoms with Gasteiger partial charge in [-0.05, 0) is 47.0 Å². The molecule has 0 spiro atoms. The van der Waals surface area contributed by atoms with E-state index in [2.05, 4.69) is 70.0 Å². The molecular formula is C23H19IN4S2. The van der Waals surface area contributed by atoms with Gasteiger partial charge in [0.2, 0.25) is 5.01 Å². The molecule has 0 unspecified atom stereocenters. The molecule has 4 aromatic rings. The minimum atomic E-state index is 0. The van der Waals surface area contributed by atoms with Crippen LogP contribution in [0.25, 0.3) is 22.0 Å². The van der Waals surface area contributed by atoms with Gasteiger partial charge in [0.05, 0.1) is 18.3 Å². The van der Waals surface area contributed by atoms with E-state index in [1.54, 1.807) is 23.1 Å². The van der Waals surface area contributed by atoms with Gasteiger partial charge in [-0.2, -0.15) is 0 Å². The predicted octanol–water partition coefficient (Wildman–Crippen LogP) is 2.14. The number of rotatable bonds is 3. The van der Waals surface area contributed by atoms with Crippen LogP contribution in [-0.4, -0.2) is 17.0 Å². The molecule has 0 amide bonds. The van der Waals surface area contributed by atoms with Crippen molar-refractivity contribution in [2.24, 2.45) is 7.05 Å². The number of pyridine rings is 2. The second-order valence-electron chi connectivity index (χ2n) is 6.79. The number of halogens is 1. The summed E-state index contributed by atoms with van der Waals surface area (Å²) >= 11 is 3.39. The maximum Gasteiger partial charge on any atom is 0.341 e. The van der Waals surface area contributed by atoms with Crippen LogP contribution in [0.4, 0.5) is 5.69 Å². The number of hydrogen-bond acceptors (Lipinski definition) is 5. The zero-order valence-electron chi connectivity index (χ0n) is 16.5. The Morgan fingerprint density at radius 2 is 1.90 bits per heavy atom. The van der Waals surface area contributed by atoms with Crippen LogP contribution in [0.2, 0.25) is 0 Å². The summed E-state index contributed by atoms with van der Waals surface area (Å²) in [5.41, 5.74) is 4.58. The molecule has 3 aromatic heterocycles. The maximum absolute atomic E-state index is 4.85. The Morgan fingerprint density at radius 3 is 2.70 bits per heavy atom. The van der Waals surface area contributed by atoms with Crippen molar-refractivity contribution in [2.75, 3.05) is 11.9 Å². The number of fused-ring (bicyclic) bond motifs is 2. The van der Waals surface area contributed by atoms with Gasteiger partial charge < -0.3 is 28.9 Å². The second kappa shape index (κ2) is 8.87. The number of hydrogen-bond donors (Lipinski definition) is 0. The van der Waals surface area contributed by atoms with Gasteiger partial charge in [-0.3, -0.25) is 0 Å². The number of para-hydroxylation sites is 1. The normalized spacial score (nSPS) is 14.4. The number of aromatic nitrogens is 3. The molecule has 30 heavy (non-hydrogen) atoms. The van der Waals surface area contributed by atoms with E-state index in [1.807, 2.05) is 37.6 Å². The zero-order chi connectivity index (χ0) is 19.8. The van der Waals surface area contributed by atoms with E-state index in [4.69, 9.17) is 4.98 Å². The van der Waals surface area contributed by atoms with Gasteiger partial charge >= 0.3 is 5.65 Å². The van der Waals surface area contributed by atoms with Gasteiger partial charge in [-0.25, -0.2) is 9.55 Å². The molecule has 0 radical (unpaired) electrons. The third kappa shape index (κ3) is 4.01. The summed E-state index contributed by atoms with van der Waals surface area (Å²) in [6.45, 7) is 0. The maximum atomic E-state index is 4.85. The number of aryl methyl sites for hydroxylation is 1. The molecule has 0 aliphatic carbocycles. The van der Waals surface area contributed by atoms with Crippen molar-refractivity contribution in [3.63, 3.8) is 0 Å². The summed E-state index contributed by atoms with van der Waals surface area (Å²) in [6, 6.07) is 18.7. The Hall–Kier alpha value is -2.23. The van der Waals surface area contributed by atoms with Gasteiger partial charge in [0.1, 0.15) is 9.73 Å². The van der Waals surface area contributed by atoms with E-state index >= 15 is 0 Å². The minimum absolute atomic E-state index is 0. The molecule has 0 fully saturated rings. The highest BCUT2D eigenvalue weighted by Gasteiger charge is 2.22. The van der Waals surface area contributed by atoms with Gasteiger partial charge in [-0.15, -0.1) is 0 Å². The van der Waals surface area contributed by atoms with Crippen LogP contribution in [0.1, 0.15) is 10.6 Å². The Bertz CT molecular complexity index is 1260. The van der Waals surface area contributed by atoms with E-state index in [1.165, 1.54) is 21.5 Å². The summed E-state index contributed by atoms with van der Waals surface area (Å²) in [5, 5.41) is 3.13. The number of benzene rings is 1. The molecule has 150 valence electrons. The van der Waals surface area contributed by atoms with Crippen LogP contribution in [0.5, 0.6) is 0 Å². The Morgan fingerprint density at radius 1 is 1.07 bits per heavy atom. The fourth-order valence-corrected chi connectivity index (χ4v) is 5.26. The van der Waals surface area contributed by atoms with Crippen molar-refractivity contribution < 1.29 is 28.5 Å². The third-order valence-corrected chi connectivity index (χ3v) is 6.86. The van der Waals surface area contributed by atoms with E-state index in [0.29, 0.717) is 0 Å². The van der Waals surface area contributed by atoms with Crippen LogP contribution in [0.3, 0.4) is 0 Å². The van der Waals surface area contributed by atoms with Crippen molar-refractivity contribution in [2.45, 2.75) is 5.03 Å². The lowest BCUT2D eigenvalue weighted by molar-refractivity contribution is -0.646. The molecule has 7 heteroatoms. The van der Waals surface area contributed by atoms with Crippen LogP contribution < -0.4 is 33.4 Å². The fraction of sp³-hybridized carbons (Fsp3) is 0.0870. The minimum Gasteiger partial charge on any atom is -1.00 e. The van der Waals surface area contributed by atoms with Crippen LogP contribution in [-0.2, 0) is 7.05 Å². The molecular weight excluding hydrogens is 523 g/mol. The SMILES string of the molecule is CN1C(Sc2ccccn2)=C/C(=C\c2nc3c(ccc[n+]3C)s2)c2ccccc21.[I-]. The molecule has 4 nitrogen and oxygen atoms in total. The average Bonchev–Trinajstić information content (AvgIpc) is 3.16. The summed E-state index contributed by atoms with van der Waals surface area (Å²) in [4.78, 5) is 11.6. The average molecular weight is 542 g/mol. The first-order chi connectivity index (χ1) is 14.2. The highest BCUT2D eigenvalue weighted by molar-refractivity contribution is 8.03. The molecule has 0 saturated heterocycles. The van der Waals surface area contributed by atoms with E-state index in [0.717, 1.165) is 20.7 Å². The summed E-state index contributed by atoms with van der Waals surface area (Å²) in [6.07, 6.45) is 8.28. The predicted molar refractivity (Wildman–Crippen MR) is 122 cm³/mol. The van der Waals surface area contributed by atoms with Crippen LogP contribution in [0.15, 0.2) is 83.1 Å². The third-order valence-electron chi connectivity index (χ3n) is 4.85. The lowest BCUT2D eigenvalue weighted by Gasteiger charge is -2.29. The molecule has 4 heterocycles. The number of anilines is 1. The lowest BCUT2D eigenvalue weighted by Crippen LogP contribution is -3.00. The number of thiazole rings is 1. The molecule has 1 aromatic carbocycles. The highest BCUT2D eigenvalue weighted by Crippen LogP contribution is 2.41. The van der Waals surface area contributed by atoms with E-state index in [9.17, 15) is 0 Å². The van der Waals surface area contributed by atoms with Crippen molar-refractivity contribution in [1.29, 1.82) is 0 Å². The largest absolute Gasteiger partial charge is 1.00 e. The van der Waals surface area contributed by atoms with Crippen molar-refractivity contribution >= 4 is 50.8 Å². The topological polar surface area (TPSA) is 32.9 Å². The first-order valence-corrected chi connectivity index (χ1v) is 10.9. The van der Waals surface area contributed by atoms with Crippen molar-refractivity contribution in [3.05, 3.63) is 88.7 Å². The zero-order valence-corrected chi connectivity index (χ0v) is 20.3. The molecule has 0 atom stereocenters. The molecule has 0 saturated carbocycles. The van der Waals surface area contributed by atoms with Gasteiger partial charge in [-0.1, -0.05) is 47.4 Å². The summed E-state index contributed by atoms with van der Waals surface area (Å²) in [5.74, 6) is 0. The smallest absolute Gasteiger partial charge is 0.341 e. The number of allylic oxidation sites excluding steroid dienone is 2. The van der Waals surface area contributed by atoms with Crippen LogP contribution >= 0.6 is 23.1 Å². The van der Waals surface area contributed by atoms with Crippen molar-refractivity contribution in [3.8, 4) is 0 Å². The Kier molecular flexibility index (Phi) is 6.21. The second-order valence-corrected chi connectivity index (χ2v) is 8.89. The highest BCUT2D eigenvalue weighted by atomic mass is 127. The van der Waals surface area contributed by atoms with Gasteiger partial charge in [0, 0.05) is 30.6 Å². The summed E-state index contributed by atoms with van der Waals surface area (Å²) < 4.78 is 3.25. The molecule has 1 aliphatic heterocycles. The van der Waals surface area contributed by atoms with E-state index in [-0.39, 0.29) is 24.0 Å². The molecule has 1 aliphatic rings. The first kappa shape index (κ1) is 21.0. The molecule has 0 N–H and O–H groups in total. The first-order valence-electron chi connectivity index (χ1n) is 9.30. The molecule has 0 bridgehead atoms. The van der Waals surface area contributed by atoms with Gasteiger partial charge in [0.15, 0.2) is 0 Å². The lowest BCUT2D eigenvalue weighted by atomic mass is 10.00. The summed E-state index contributed by atoms with van der Waals surface area (Å²) in [7, 11) is 4.14. The Labute approximate surface area is 201 Å².